The van der Waals surface area contributed by atoms with Crippen molar-refractivity contribution in [1.82, 2.24) is 5.32 Å². The first-order valence-electron chi connectivity index (χ1n) is 6.53. The molecule has 94 valence electrons. The highest BCUT2D eigenvalue weighted by Gasteiger charge is 2.23. The molecule has 0 amide bonds. The van der Waals surface area contributed by atoms with Gasteiger partial charge in [0.05, 0.1) is 0 Å². The Morgan fingerprint density at radius 1 is 1.18 bits per heavy atom. The maximum Gasteiger partial charge on any atom is 0.125 e. The van der Waals surface area contributed by atoms with Gasteiger partial charge in [-0.2, -0.15) is 0 Å². The summed E-state index contributed by atoms with van der Waals surface area (Å²) in [7, 11) is 0. The molecule has 0 aliphatic carbocycles. The third-order valence-corrected chi connectivity index (χ3v) is 3.85. The normalized spacial score (nSPS) is 24.7. The highest BCUT2D eigenvalue weighted by atomic mass is 16.5. The summed E-state index contributed by atoms with van der Waals surface area (Å²) in [5.41, 5.74) is 3.85. The van der Waals surface area contributed by atoms with E-state index in [0.717, 1.165) is 25.3 Å². The van der Waals surface area contributed by atoms with E-state index in [1.54, 1.807) is 0 Å². The van der Waals surface area contributed by atoms with E-state index in [4.69, 9.17) is 4.74 Å². The van der Waals surface area contributed by atoms with Gasteiger partial charge in [-0.1, -0.05) is 19.1 Å². The second kappa shape index (κ2) is 5.09. The van der Waals surface area contributed by atoms with Gasteiger partial charge >= 0.3 is 0 Å². The smallest absolute Gasteiger partial charge is 0.125 e. The minimum atomic E-state index is 0.357. The van der Waals surface area contributed by atoms with E-state index in [1.165, 1.54) is 16.7 Å². The average molecular weight is 233 g/mol. The molecular formula is C15H23NO. The number of ether oxygens (including phenoxy) is 1. The predicted molar refractivity (Wildman–Crippen MR) is 71.7 cm³/mol. The lowest BCUT2D eigenvalue weighted by Crippen LogP contribution is -2.41. The molecule has 1 aliphatic heterocycles. The first-order chi connectivity index (χ1) is 8.09. The van der Waals surface area contributed by atoms with Crippen molar-refractivity contribution in [2.24, 2.45) is 5.92 Å². The van der Waals surface area contributed by atoms with E-state index < -0.39 is 0 Å². The molecule has 17 heavy (non-hydrogen) atoms. The van der Waals surface area contributed by atoms with Crippen molar-refractivity contribution >= 4 is 0 Å². The van der Waals surface area contributed by atoms with Crippen LogP contribution >= 0.6 is 0 Å². The molecule has 1 fully saturated rings. The Hall–Kier alpha value is -1.02. The Kier molecular flexibility index (Phi) is 3.72. The quantitative estimate of drug-likeness (QED) is 0.848. The molecule has 2 rings (SSSR count). The summed E-state index contributed by atoms with van der Waals surface area (Å²) < 4.78 is 6.27. The van der Waals surface area contributed by atoms with Crippen molar-refractivity contribution in [3.05, 3.63) is 28.8 Å². The molecule has 2 atom stereocenters. The van der Waals surface area contributed by atoms with Crippen molar-refractivity contribution in [3.8, 4) is 5.75 Å². The predicted octanol–water partition coefficient (Wildman–Crippen LogP) is 2.99. The number of nitrogens with one attached hydrogen (secondary N) is 1. The lowest BCUT2D eigenvalue weighted by molar-refractivity contribution is 0.110. The number of hydrogen-bond acceptors (Lipinski definition) is 2. The number of benzene rings is 1. The maximum absolute atomic E-state index is 6.27. The molecule has 1 aromatic carbocycles. The molecule has 0 spiro atoms. The monoisotopic (exact) mass is 233 g/mol. The Morgan fingerprint density at radius 2 is 1.88 bits per heavy atom. The summed E-state index contributed by atoms with van der Waals surface area (Å²) >= 11 is 0. The Morgan fingerprint density at radius 3 is 2.59 bits per heavy atom. The van der Waals surface area contributed by atoms with Crippen LogP contribution in [-0.2, 0) is 0 Å². The largest absolute Gasteiger partial charge is 0.489 e. The molecule has 2 heteroatoms. The van der Waals surface area contributed by atoms with Crippen molar-refractivity contribution in [3.63, 3.8) is 0 Å². The van der Waals surface area contributed by atoms with Crippen LogP contribution in [-0.4, -0.2) is 19.2 Å². The summed E-state index contributed by atoms with van der Waals surface area (Å²) in [6, 6.07) is 4.33. The lowest BCUT2D eigenvalue weighted by atomic mass is 9.97. The molecule has 1 aliphatic rings. The van der Waals surface area contributed by atoms with Gasteiger partial charge in [0.1, 0.15) is 11.9 Å². The number of aryl methyl sites for hydroxylation is 2. The van der Waals surface area contributed by atoms with Crippen molar-refractivity contribution in [2.75, 3.05) is 13.1 Å². The van der Waals surface area contributed by atoms with Gasteiger partial charge in [0.15, 0.2) is 0 Å². The van der Waals surface area contributed by atoms with Gasteiger partial charge in [0, 0.05) is 12.5 Å². The van der Waals surface area contributed by atoms with E-state index in [1.807, 2.05) is 0 Å². The molecule has 2 unspecified atom stereocenters. The molecule has 0 saturated carbocycles. The van der Waals surface area contributed by atoms with Crippen molar-refractivity contribution in [1.29, 1.82) is 0 Å². The zero-order chi connectivity index (χ0) is 12.4. The highest BCUT2D eigenvalue weighted by molar-refractivity contribution is 5.44. The molecule has 1 N–H and O–H groups in total. The minimum absolute atomic E-state index is 0.357. The van der Waals surface area contributed by atoms with Gasteiger partial charge in [0.25, 0.3) is 0 Å². The van der Waals surface area contributed by atoms with Crippen LogP contribution in [0.5, 0.6) is 5.75 Å². The Bertz CT molecular complexity index is 400. The van der Waals surface area contributed by atoms with Gasteiger partial charge in [-0.15, -0.1) is 0 Å². The van der Waals surface area contributed by atoms with Crippen LogP contribution in [0.2, 0.25) is 0 Å². The number of piperidine rings is 1. The molecule has 1 saturated heterocycles. The van der Waals surface area contributed by atoms with Crippen LogP contribution in [0.1, 0.15) is 30.0 Å². The summed E-state index contributed by atoms with van der Waals surface area (Å²) in [6.45, 7) is 10.8. The van der Waals surface area contributed by atoms with E-state index in [-0.39, 0.29) is 0 Å². The first kappa shape index (κ1) is 12.4. The molecule has 2 nitrogen and oxygen atoms in total. The Labute approximate surface area is 104 Å². The van der Waals surface area contributed by atoms with Crippen LogP contribution in [0.3, 0.4) is 0 Å². The maximum atomic E-state index is 6.27. The van der Waals surface area contributed by atoms with Crippen LogP contribution in [0, 0.1) is 26.7 Å². The van der Waals surface area contributed by atoms with Gasteiger partial charge in [-0.3, -0.25) is 0 Å². The van der Waals surface area contributed by atoms with Gasteiger partial charge in [0.2, 0.25) is 0 Å². The van der Waals surface area contributed by atoms with Gasteiger partial charge < -0.3 is 10.1 Å². The van der Waals surface area contributed by atoms with Crippen LogP contribution in [0.15, 0.2) is 12.1 Å². The SMILES string of the molecule is Cc1ccc(C)c(OC2CCNCC2C)c1C. The molecule has 0 bridgehead atoms. The lowest BCUT2D eigenvalue weighted by Gasteiger charge is -2.31. The summed E-state index contributed by atoms with van der Waals surface area (Å²) in [6.07, 6.45) is 1.46. The minimum Gasteiger partial charge on any atom is -0.489 e. The molecular weight excluding hydrogens is 210 g/mol. The van der Waals surface area contributed by atoms with Gasteiger partial charge in [-0.05, 0) is 50.4 Å². The van der Waals surface area contributed by atoms with Crippen molar-refractivity contribution in [2.45, 2.75) is 40.2 Å². The number of hydrogen-bond donors (Lipinski definition) is 1. The molecule has 1 heterocycles. The standard InChI is InChI=1S/C15H23NO/c1-10-5-6-11(2)15(13(10)4)17-14-7-8-16-9-12(14)3/h5-6,12,14,16H,7-9H2,1-4H3. The molecule has 1 aromatic rings. The van der Waals surface area contributed by atoms with Crippen LogP contribution < -0.4 is 10.1 Å². The Balaban J connectivity index is 2.20. The summed E-state index contributed by atoms with van der Waals surface area (Å²) in [4.78, 5) is 0. The van der Waals surface area contributed by atoms with E-state index >= 15 is 0 Å². The summed E-state index contributed by atoms with van der Waals surface area (Å²) in [5.74, 6) is 1.69. The third kappa shape index (κ3) is 2.63. The average Bonchev–Trinajstić information content (AvgIpc) is 2.32. The third-order valence-electron chi connectivity index (χ3n) is 3.85. The van der Waals surface area contributed by atoms with Crippen molar-refractivity contribution < 1.29 is 4.74 Å². The number of rotatable bonds is 2. The topological polar surface area (TPSA) is 21.3 Å². The first-order valence-corrected chi connectivity index (χ1v) is 6.53. The second-order valence-electron chi connectivity index (χ2n) is 5.28. The highest BCUT2D eigenvalue weighted by Crippen LogP contribution is 2.29. The van der Waals surface area contributed by atoms with Crippen LogP contribution in [0.25, 0.3) is 0 Å². The second-order valence-corrected chi connectivity index (χ2v) is 5.28. The fourth-order valence-electron chi connectivity index (χ4n) is 2.42. The van der Waals surface area contributed by atoms with Crippen LogP contribution in [0.4, 0.5) is 0 Å². The van der Waals surface area contributed by atoms with Gasteiger partial charge in [-0.25, -0.2) is 0 Å². The zero-order valence-electron chi connectivity index (χ0n) is 11.3. The fraction of sp³-hybridized carbons (Fsp3) is 0.600. The van der Waals surface area contributed by atoms with E-state index in [2.05, 4.69) is 45.1 Å². The summed E-state index contributed by atoms with van der Waals surface area (Å²) in [5, 5.41) is 3.41. The van der Waals surface area contributed by atoms with E-state index in [0.29, 0.717) is 12.0 Å². The molecule has 0 aromatic heterocycles. The zero-order valence-corrected chi connectivity index (χ0v) is 11.3. The fourth-order valence-corrected chi connectivity index (χ4v) is 2.42. The van der Waals surface area contributed by atoms with E-state index in [9.17, 15) is 0 Å². The molecule has 0 radical (unpaired) electrons.